The molecule has 3 aromatic rings. The number of benzene rings is 2. The van der Waals surface area contributed by atoms with Crippen LogP contribution in [0.25, 0.3) is 0 Å². The average molecular weight is 676 g/mol. The van der Waals surface area contributed by atoms with Crippen LogP contribution in [0.4, 0.5) is 32.3 Å². The molecule has 0 N–H and O–H groups in total. The number of aromatic nitrogens is 4. The summed E-state index contributed by atoms with van der Waals surface area (Å²) in [7, 11) is 1.56. The van der Waals surface area contributed by atoms with Gasteiger partial charge in [-0.25, -0.2) is 5.01 Å². The first-order valence-electron chi connectivity index (χ1n) is 16.4. The summed E-state index contributed by atoms with van der Waals surface area (Å²) in [5.41, 5.74) is 1.44. The van der Waals surface area contributed by atoms with Crippen LogP contribution in [0.2, 0.25) is 0 Å². The van der Waals surface area contributed by atoms with E-state index in [9.17, 15) is 31.1 Å². The van der Waals surface area contributed by atoms with Crippen molar-refractivity contribution >= 4 is 18.1 Å². The molecule has 0 bridgehead atoms. The van der Waals surface area contributed by atoms with Gasteiger partial charge in [0.25, 0.3) is 5.95 Å². The number of aryl methyl sites for hydroxylation is 3. The van der Waals surface area contributed by atoms with Crippen LogP contribution in [0.1, 0.15) is 109 Å². The Balaban J connectivity index is 1.33. The van der Waals surface area contributed by atoms with Gasteiger partial charge in [0.1, 0.15) is 0 Å². The molecule has 2 atom stereocenters. The molecule has 1 saturated carbocycles. The Bertz CT molecular complexity index is 1640. The number of anilines is 1. The second kappa shape index (κ2) is 13.1. The van der Waals surface area contributed by atoms with Gasteiger partial charge < -0.3 is 4.90 Å². The summed E-state index contributed by atoms with van der Waals surface area (Å²) < 4.78 is 82.8. The van der Waals surface area contributed by atoms with E-state index in [1.165, 1.54) is 10.4 Å². The van der Waals surface area contributed by atoms with Crippen LogP contribution in [0.5, 0.6) is 0 Å². The van der Waals surface area contributed by atoms with Crippen molar-refractivity contribution in [2.45, 2.75) is 109 Å². The Hall–Kier alpha value is -3.97. The van der Waals surface area contributed by atoms with Crippen LogP contribution in [0.3, 0.4) is 0 Å². The van der Waals surface area contributed by atoms with Crippen molar-refractivity contribution < 1.29 is 31.1 Å². The summed E-state index contributed by atoms with van der Waals surface area (Å²) in [5, 5.41) is 18.4. The molecule has 8 nitrogen and oxygen atoms in total. The van der Waals surface area contributed by atoms with E-state index in [4.69, 9.17) is 0 Å². The van der Waals surface area contributed by atoms with Gasteiger partial charge in [0.15, 0.2) is 0 Å². The standard InChI is InChI=1S/C34H39F6N7O/c1-20-13-21(2)31-24(15-22-7-9-27(10-8-22)47-30(48)11-12-41-47)5-4-6-29(28(31)14-20)46(32-42-44-45(3)43-32)19-23-16-25(33(35,36)37)18-26(17-23)34(38,39)40/h12-14,16-18,22,24,27,29H,4-11,15,19H2,1-3H3/t22?,24?,27?,29-/m0/s1. The highest BCUT2D eigenvalue weighted by molar-refractivity contribution is 5.94. The molecule has 1 fully saturated rings. The molecule has 14 heteroatoms. The Kier molecular flexibility index (Phi) is 9.29. The van der Waals surface area contributed by atoms with E-state index in [1.54, 1.807) is 23.2 Å². The molecule has 2 heterocycles. The zero-order valence-electron chi connectivity index (χ0n) is 27.2. The first-order valence-corrected chi connectivity index (χ1v) is 16.4. The summed E-state index contributed by atoms with van der Waals surface area (Å²) in [5.74, 6) is 0.868. The molecule has 48 heavy (non-hydrogen) atoms. The number of alkyl halides is 6. The van der Waals surface area contributed by atoms with Crippen LogP contribution < -0.4 is 4.90 Å². The average Bonchev–Trinajstić information content (AvgIpc) is 3.60. The van der Waals surface area contributed by atoms with E-state index in [1.807, 2.05) is 6.92 Å². The van der Waals surface area contributed by atoms with Gasteiger partial charge in [-0.15, -0.1) is 5.10 Å². The topological polar surface area (TPSA) is 79.5 Å². The highest BCUT2D eigenvalue weighted by Crippen LogP contribution is 2.47. The van der Waals surface area contributed by atoms with E-state index < -0.39 is 29.5 Å². The zero-order valence-corrected chi connectivity index (χ0v) is 27.2. The number of hydrazone groups is 1. The molecule has 258 valence electrons. The Morgan fingerprint density at radius 2 is 1.58 bits per heavy atom. The lowest BCUT2D eigenvalue weighted by molar-refractivity contribution is -0.143. The lowest BCUT2D eigenvalue weighted by atomic mass is 9.76. The SMILES string of the molecule is Cc1cc(C)c2c(c1)[C@@H](N(Cc1cc(C(F)(F)F)cc(C(F)(F)F)c1)c1nnn(C)n1)CCCC2CC1CCC(N2N=CCC2=O)CC1. The Morgan fingerprint density at radius 3 is 2.17 bits per heavy atom. The van der Waals surface area contributed by atoms with E-state index in [0.29, 0.717) is 18.8 Å². The van der Waals surface area contributed by atoms with Gasteiger partial charge in [0.2, 0.25) is 5.91 Å². The summed E-state index contributed by atoms with van der Waals surface area (Å²) in [6, 6.07) is 5.65. The fourth-order valence-corrected chi connectivity index (χ4v) is 7.97. The minimum absolute atomic E-state index is 0.0510. The number of hydrogen-bond donors (Lipinski definition) is 0. The molecule has 0 radical (unpaired) electrons. The van der Waals surface area contributed by atoms with E-state index in [-0.39, 0.29) is 42.0 Å². The fraction of sp³-hybridized carbons (Fsp3) is 0.559. The van der Waals surface area contributed by atoms with Gasteiger partial charge in [-0.3, -0.25) is 4.79 Å². The molecule has 0 saturated heterocycles. The third-order valence-corrected chi connectivity index (χ3v) is 10.00. The van der Waals surface area contributed by atoms with Gasteiger partial charge in [-0.1, -0.05) is 29.2 Å². The van der Waals surface area contributed by atoms with Gasteiger partial charge in [0, 0.05) is 12.8 Å². The summed E-state index contributed by atoms with van der Waals surface area (Å²) in [4.78, 5) is 15.2. The second-order valence-electron chi connectivity index (χ2n) is 13.5. The highest BCUT2D eigenvalue weighted by atomic mass is 19.4. The van der Waals surface area contributed by atoms with Crippen LogP contribution in [-0.4, -0.2) is 43.4 Å². The van der Waals surface area contributed by atoms with E-state index in [2.05, 4.69) is 39.6 Å². The molecule has 1 aliphatic heterocycles. The quantitative estimate of drug-likeness (QED) is 0.187. The van der Waals surface area contributed by atoms with Crippen molar-refractivity contribution in [1.82, 2.24) is 25.2 Å². The first-order chi connectivity index (χ1) is 22.7. The second-order valence-corrected chi connectivity index (χ2v) is 13.5. The summed E-state index contributed by atoms with van der Waals surface area (Å²) in [6.07, 6.45) is -0.885. The fourth-order valence-electron chi connectivity index (χ4n) is 7.97. The molecule has 2 aromatic carbocycles. The molecular formula is C34H39F6N7O. The normalized spacial score (nSPS) is 23.4. The zero-order chi connectivity index (χ0) is 34.4. The number of carbonyl (C=O) groups is 1. The van der Waals surface area contributed by atoms with Gasteiger partial charge in [-0.05, 0) is 116 Å². The Labute approximate surface area is 275 Å². The number of halogens is 6. The molecular weight excluding hydrogens is 636 g/mol. The van der Waals surface area contributed by atoms with Gasteiger partial charge in [-0.2, -0.15) is 36.2 Å². The maximum atomic E-state index is 13.8. The van der Waals surface area contributed by atoms with E-state index >= 15 is 0 Å². The largest absolute Gasteiger partial charge is 0.416 e. The van der Waals surface area contributed by atoms with E-state index in [0.717, 1.165) is 73.8 Å². The van der Waals surface area contributed by atoms with Crippen molar-refractivity contribution in [2.24, 2.45) is 18.1 Å². The van der Waals surface area contributed by atoms with Crippen LogP contribution in [0, 0.1) is 19.8 Å². The molecule has 6 rings (SSSR count). The number of fused-ring (bicyclic) bond motifs is 1. The molecule has 3 aliphatic rings. The van der Waals surface area contributed by atoms with Crippen molar-refractivity contribution in [3.8, 4) is 0 Å². The lowest BCUT2D eigenvalue weighted by Crippen LogP contribution is -2.36. The van der Waals surface area contributed by atoms with Gasteiger partial charge in [0.05, 0.1) is 36.7 Å². The lowest BCUT2D eigenvalue weighted by Gasteiger charge is -2.35. The smallest absolute Gasteiger partial charge is 0.327 e. The maximum Gasteiger partial charge on any atom is 0.416 e. The van der Waals surface area contributed by atoms with Gasteiger partial charge >= 0.3 is 12.4 Å². The van der Waals surface area contributed by atoms with Crippen LogP contribution in [-0.2, 0) is 30.7 Å². The van der Waals surface area contributed by atoms with Crippen LogP contribution >= 0.6 is 0 Å². The third-order valence-electron chi connectivity index (χ3n) is 10.00. The summed E-state index contributed by atoms with van der Waals surface area (Å²) in [6.45, 7) is 3.78. The Morgan fingerprint density at radius 1 is 0.896 bits per heavy atom. The predicted octanol–water partition coefficient (Wildman–Crippen LogP) is 8.05. The molecule has 1 aromatic heterocycles. The molecule has 2 aliphatic carbocycles. The van der Waals surface area contributed by atoms with Crippen molar-refractivity contribution in [1.29, 1.82) is 0 Å². The molecule has 1 unspecified atom stereocenters. The van der Waals surface area contributed by atoms with Crippen molar-refractivity contribution in [2.75, 3.05) is 4.90 Å². The number of amides is 1. The summed E-state index contributed by atoms with van der Waals surface area (Å²) >= 11 is 0. The number of tetrazole rings is 1. The first kappa shape index (κ1) is 33.9. The maximum absolute atomic E-state index is 13.8. The number of rotatable bonds is 7. The third kappa shape index (κ3) is 7.21. The highest BCUT2D eigenvalue weighted by Gasteiger charge is 2.39. The number of carbonyl (C=O) groups excluding carboxylic acids is 1. The van der Waals surface area contributed by atoms with Crippen molar-refractivity contribution in [3.05, 3.63) is 69.3 Å². The monoisotopic (exact) mass is 675 g/mol. The predicted molar refractivity (Wildman–Crippen MR) is 167 cm³/mol. The van der Waals surface area contributed by atoms with Crippen LogP contribution in [0.15, 0.2) is 35.4 Å². The molecule has 0 spiro atoms. The number of hydrogen-bond acceptors (Lipinski definition) is 6. The minimum Gasteiger partial charge on any atom is -0.327 e. The minimum atomic E-state index is -4.96. The molecule has 1 amide bonds. The van der Waals surface area contributed by atoms with Crippen molar-refractivity contribution in [3.63, 3.8) is 0 Å². The number of nitrogens with zero attached hydrogens (tertiary/aromatic N) is 7.